The van der Waals surface area contributed by atoms with Gasteiger partial charge in [-0.05, 0) is 33.6 Å². The van der Waals surface area contributed by atoms with Crippen LogP contribution >= 0.6 is 0 Å². The number of carbonyl (C=O) groups excluding carboxylic acids is 1. The van der Waals surface area contributed by atoms with Crippen molar-refractivity contribution in [2.24, 2.45) is 5.73 Å². The third-order valence-electron chi connectivity index (χ3n) is 2.98. The average Bonchev–Trinajstić information content (AvgIpc) is 2.68. The predicted octanol–water partition coefficient (Wildman–Crippen LogP) is 0.965. The predicted molar refractivity (Wildman–Crippen MR) is 69.3 cm³/mol. The van der Waals surface area contributed by atoms with E-state index in [4.69, 9.17) is 10.5 Å². The Morgan fingerprint density at radius 1 is 1.58 bits per heavy atom. The van der Waals surface area contributed by atoms with E-state index in [1.807, 2.05) is 31.6 Å². The van der Waals surface area contributed by atoms with Crippen molar-refractivity contribution in [2.45, 2.75) is 57.8 Å². The number of hydrogen-bond acceptors (Lipinski definition) is 5. The van der Waals surface area contributed by atoms with Gasteiger partial charge in [-0.1, -0.05) is 5.21 Å². The van der Waals surface area contributed by atoms with Crippen LogP contribution < -0.4 is 11.1 Å². The van der Waals surface area contributed by atoms with Gasteiger partial charge in [0, 0.05) is 12.6 Å². The number of amides is 1. The van der Waals surface area contributed by atoms with E-state index in [2.05, 4.69) is 15.6 Å². The molecule has 1 saturated carbocycles. The van der Waals surface area contributed by atoms with Crippen molar-refractivity contribution >= 4 is 6.09 Å². The van der Waals surface area contributed by atoms with Gasteiger partial charge in [-0.2, -0.15) is 0 Å². The summed E-state index contributed by atoms with van der Waals surface area (Å²) in [5.74, 6) is 0. The van der Waals surface area contributed by atoms with Crippen LogP contribution in [0, 0.1) is 0 Å². The van der Waals surface area contributed by atoms with Crippen molar-refractivity contribution in [3.05, 3.63) is 11.9 Å². The van der Waals surface area contributed by atoms with Crippen LogP contribution in [0.3, 0.4) is 0 Å². The first-order valence-electron chi connectivity index (χ1n) is 6.47. The van der Waals surface area contributed by atoms with Crippen LogP contribution in [-0.2, 0) is 11.3 Å². The molecule has 1 heterocycles. The number of carbonyl (C=O) groups is 1. The van der Waals surface area contributed by atoms with E-state index in [0.717, 1.165) is 18.5 Å². The molecule has 0 bridgehead atoms. The lowest BCUT2D eigenvalue weighted by Crippen LogP contribution is -2.46. The van der Waals surface area contributed by atoms with Gasteiger partial charge in [0.15, 0.2) is 0 Å². The van der Waals surface area contributed by atoms with Crippen molar-refractivity contribution in [3.63, 3.8) is 0 Å². The van der Waals surface area contributed by atoms with Crippen LogP contribution in [0.25, 0.3) is 0 Å². The minimum absolute atomic E-state index is 0.144. The molecule has 19 heavy (non-hydrogen) atoms. The number of aromatic nitrogens is 3. The summed E-state index contributed by atoms with van der Waals surface area (Å²) in [5, 5.41) is 10.8. The normalized spacial score (nSPS) is 22.7. The maximum atomic E-state index is 11.6. The second-order valence-electron chi connectivity index (χ2n) is 5.86. The SMILES string of the molecule is CC(C)(C)OC(=O)NC1CC(n2cc(CN)nn2)C1. The van der Waals surface area contributed by atoms with E-state index in [-0.39, 0.29) is 18.2 Å². The topological polar surface area (TPSA) is 95.1 Å². The molecular formula is C12H21N5O2. The summed E-state index contributed by atoms with van der Waals surface area (Å²) < 4.78 is 7.02. The molecule has 1 amide bonds. The molecule has 1 aliphatic rings. The average molecular weight is 267 g/mol. The fourth-order valence-corrected chi connectivity index (χ4v) is 1.98. The van der Waals surface area contributed by atoms with Crippen LogP contribution in [0.2, 0.25) is 0 Å². The van der Waals surface area contributed by atoms with Crippen LogP contribution in [0.1, 0.15) is 45.3 Å². The van der Waals surface area contributed by atoms with E-state index < -0.39 is 5.60 Å². The quantitative estimate of drug-likeness (QED) is 0.850. The molecule has 1 aromatic heterocycles. The summed E-state index contributed by atoms with van der Waals surface area (Å²) in [4.78, 5) is 11.6. The summed E-state index contributed by atoms with van der Waals surface area (Å²) in [6.45, 7) is 5.94. The third kappa shape index (κ3) is 3.66. The number of hydrogen-bond donors (Lipinski definition) is 2. The van der Waals surface area contributed by atoms with E-state index in [9.17, 15) is 4.79 Å². The lowest BCUT2D eigenvalue weighted by atomic mass is 9.87. The van der Waals surface area contributed by atoms with E-state index in [1.165, 1.54) is 0 Å². The molecule has 0 saturated heterocycles. The molecule has 3 N–H and O–H groups in total. The van der Waals surface area contributed by atoms with Crippen molar-refractivity contribution in [2.75, 3.05) is 0 Å². The van der Waals surface area contributed by atoms with E-state index in [1.54, 1.807) is 0 Å². The summed E-state index contributed by atoms with van der Waals surface area (Å²) in [7, 11) is 0. The van der Waals surface area contributed by atoms with Crippen LogP contribution in [0.5, 0.6) is 0 Å². The molecule has 0 atom stereocenters. The smallest absolute Gasteiger partial charge is 0.407 e. The number of nitrogens with zero attached hydrogens (tertiary/aromatic N) is 3. The van der Waals surface area contributed by atoms with Gasteiger partial charge in [0.05, 0.1) is 17.9 Å². The van der Waals surface area contributed by atoms with Gasteiger partial charge in [0.25, 0.3) is 0 Å². The lowest BCUT2D eigenvalue weighted by Gasteiger charge is -2.35. The zero-order valence-corrected chi connectivity index (χ0v) is 11.6. The highest BCUT2D eigenvalue weighted by atomic mass is 16.6. The van der Waals surface area contributed by atoms with Gasteiger partial charge >= 0.3 is 6.09 Å². The van der Waals surface area contributed by atoms with Crippen molar-refractivity contribution < 1.29 is 9.53 Å². The minimum atomic E-state index is -0.463. The van der Waals surface area contributed by atoms with Crippen molar-refractivity contribution in [3.8, 4) is 0 Å². The standard InChI is InChI=1S/C12H21N5O2/c1-12(2,3)19-11(18)14-8-4-10(5-8)17-7-9(6-13)15-16-17/h7-8,10H,4-6,13H2,1-3H3,(H,14,18). The monoisotopic (exact) mass is 267 g/mol. The van der Waals surface area contributed by atoms with Gasteiger partial charge in [0.2, 0.25) is 0 Å². The summed E-state index contributed by atoms with van der Waals surface area (Å²) >= 11 is 0. The molecule has 0 aliphatic heterocycles. The first-order valence-corrected chi connectivity index (χ1v) is 6.47. The third-order valence-corrected chi connectivity index (χ3v) is 2.98. The zero-order valence-electron chi connectivity index (χ0n) is 11.6. The largest absolute Gasteiger partial charge is 0.444 e. The fourth-order valence-electron chi connectivity index (χ4n) is 1.98. The first-order chi connectivity index (χ1) is 8.87. The van der Waals surface area contributed by atoms with Crippen LogP contribution in [0.15, 0.2) is 6.20 Å². The summed E-state index contributed by atoms with van der Waals surface area (Å²) in [6.07, 6.45) is 3.17. The molecule has 2 rings (SSSR count). The molecule has 0 aromatic carbocycles. The lowest BCUT2D eigenvalue weighted by molar-refractivity contribution is 0.0452. The molecule has 7 heteroatoms. The Kier molecular flexibility index (Phi) is 3.75. The summed E-state index contributed by atoms with van der Waals surface area (Å²) in [6, 6.07) is 0.429. The molecule has 0 spiro atoms. The number of nitrogens with two attached hydrogens (primary N) is 1. The zero-order chi connectivity index (χ0) is 14.0. The van der Waals surface area contributed by atoms with Crippen LogP contribution in [-0.4, -0.2) is 32.7 Å². The molecule has 0 unspecified atom stereocenters. The van der Waals surface area contributed by atoms with Gasteiger partial charge in [-0.3, -0.25) is 0 Å². The number of alkyl carbamates (subject to hydrolysis) is 1. The Bertz CT molecular complexity index is 445. The van der Waals surface area contributed by atoms with Gasteiger partial charge in [0.1, 0.15) is 5.60 Å². The number of ether oxygens (including phenoxy) is 1. The number of nitrogens with one attached hydrogen (secondary N) is 1. The van der Waals surface area contributed by atoms with Crippen LogP contribution in [0.4, 0.5) is 4.79 Å². The Labute approximate surface area is 112 Å². The maximum Gasteiger partial charge on any atom is 0.407 e. The molecule has 1 fully saturated rings. The van der Waals surface area contributed by atoms with E-state index in [0.29, 0.717) is 6.54 Å². The Balaban J connectivity index is 1.76. The molecule has 1 aromatic rings. The first kappa shape index (κ1) is 13.8. The molecule has 106 valence electrons. The van der Waals surface area contributed by atoms with Gasteiger partial charge in [-0.15, -0.1) is 5.10 Å². The minimum Gasteiger partial charge on any atom is -0.444 e. The van der Waals surface area contributed by atoms with Crippen molar-refractivity contribution in [1.82, 2.24) is 20.3 Å². The number of rotatable bonds is 3. The fraction of sp³-hybridized carbons (Fsp3) is 0.750. The highest BCUT2D eigenvalue weighted by Crippen LogP contribution is 2.31. The second-order valence-corrected chi connectivity index (χ2v) is 5.86. The van der Waals surface area contributed by atoms with Crippen molar-refractivity contribution in [1.29, 1.82) is 0 Å². The molecule has 7 nitrogen and oxygen atoms in total. The molecule has 1 aliphatic carbocycles. The Hall–Kier alpha value is -1.63. The highest BCUT2D eigenvalue weighted by Gasteiger charge is 2.33. The maximum absolute atomic E-state index is 11.6. The Morgan fingerprint density at radius 3 is 2.79 bits per heavy atom. The molecular weight excluding hydrogens is 246 g/mol. The van der Waals surface area contributed by atoms with Gasteiger partial charge < -0.3 is 15.8 Å². The van der Waals surface area contributed by atoms with Gasteiger partial charge in [-0.25, -0.2) is 9.48 Å². The molecule has 0 radical (unpaired) electrons. The summed E-state index contributed by atoms with van der Waals surface area (Å²) in [5.41, 5.74) is 5.80. The Morgan fingerprint density at radius 2 is 2.26 bits per heavy atom. The second kappa shape index (κ2) is 5.16. The van der Waals surface area contributed by atoms with E-state index >= 15 is 0 Å². The highest BCUT2D eigenvalue weighted by molar-refractivity contribution is 5.68.